The highest BCUT2D eigenvalue weighted by atomic mass is 32.2. The Hall–Kier alpha value is -5.27. The van der Waals surface area contributed by atoms with E-state index >= 15 is 0 Å². The summed E-state index contributed by atoms with van der Waals surface area (Å²) in [4.78, 5) is 80.0. The Bertz CT molecular complexity index is 2070. The van der Waals surface area contributed by atoms with Crippen LogP contribution in [0.5, 0.6) is 5.75 Å². The van der Waals surface area contributed by atoms with Gasteiger partial charge in [-0.2, -0.15) is 8.42 Å². The molecule has 0 spiro atoms. The first-order chi connectivity index (χ1) is 25.0. The summed E-state index contributed by atoms with van der Waals surface area (Å²) >= 11 is 0.617. The van der Waals surface area contributed by atoms with Crippen molar-refractivity contribution in [3.05, 3.63) is 51.3 Å². The van der Waals surface area contributed by atoms with Gasteiger partial charge in [0.25, 0.3) is 32.1 Å². The number of sulfonamides is 1. The molecule has 3 heterocycles. The van der Waals surface area contributed by atoms with Gasteiger partial charge in [0.2, 0.25) is 0 Å². The third-order valence-electron chi connectivity index (χ3n) is 8.13. The number of fused-ring (bicyclic) bond motifs is 1. The molecule has 0 saturated heterocycles. The molecule has 284 valence electrons. The summed E-state index contributed by atoms with van der Waals surface area (Å²) in [7, 11) is -4.44. The summed E-state index contributed by atoms with van der Waals surface area (Å²) < 4.78 is 36.6. The predicted octanol–water partition coefficient (Wildman–Crippen LogP) is 2.30. The van der Waals surface area contributed by atoms with Crippen molar-refractivity contribution in [2.75, 3.05) is 31.5 Å². The fourth-order valence-electron chi connectivity index (χ4n) is 5.32. The SMILES string of the molecule is CCN(CC)CCNC(=O)c1c(C)[nH]c(/C=C2\C(=O)Nc3ccc(OC(=O)CCC(=O)OC(C)C(=O)NS(=O)(=O)c4nnc(CC(C)=O)s4)cc32)c1C. The Morgan fingerprint density at radius 2 is 1.75 bits per heavy atom. The minimum atomic E-state index is -4.44. The van der Waals surface area contributed by atoms with Gasteiger partial charge in [0.05, 0.1) is 30.4 Å². The maximum absolute atomic E-state index is 13.0. The topological polar surface area (TPSA) is 236 Å². The molecule has 1 aromatic carbocycles. The largest absolute Gasteiger partial charge is 0.452 e. The number of ether oxygens (including phenoxy) is 2. The molecule has 1 aliphatic heterocycles. The number of amides is 3. The zero-order valence-corrected chi connectivity index (χ0v) is 31.7. The van der Waals surface area contributed by atoms with Gasteiger partial charge >= 0.3 is 11.9 Å². The molecular weight excluding hydrogens is 731 g/mol. The summed E-state index contributed by atoms with van der Waals surface area (Å²) in [5, 5.41) is 13.0. The van der Waals surface area contributed by atoms with Crippen molar-refractivity contribution in [1.29, 1.82) is 0 Å². The number of hydrogen-bond donors (Lipinski definition) is 4. The molecule has 1 aliphatic rings. The van der Waals surface area contributed by atoms with E-state index in [9.17, 15) is 37.2 Å². The van der Waals surface area contributed by atoms with Crippen LogP contribution in [0.15, 0.2) is 22.5 Å². The molecular formula is C34H41N7O10S2. The number of ketones is 1. The standard InChI is InChI=1S/C34H41N7O10S2/c1-7-41(8-2)14-13-35-33(47)30-19(4)26(36-20(30)5)17-24-23-16-22(9-10-25(23)37-32(24)46)51-29(44)12-11-28(43)50-21(6)31(45)40-53(48,49)34-39-38-27(52-34)15-18(3)42/h9-10,16-17,21,36H,7-8,11-15H2,1-6H3,(H,35,47)(H,37,46)(H,40,45)/b24-17-. The van der Waals surface area contributed by atoms with E-state index in [-0.39, 0.29) is 34.4 Å². The van der Waals surface area contributed by atoms with E-state index in [1.165, 1.54) is 19.1 Å². The zero-order valence-electron chi connectivity index (χ0n) is 30.1. The quantitative estimate of drug-likeness (QED) is 0.0877. The van der Waals surface area contributed by atoms with Gasteiger partial charge in [0.1, 0.15) is 16.5 Å². The highest BCUT2D eigenvalue weighted by molar-refractivity contribution is 7.92. The first-order valence-corrected chi connectivity index (χ1v) is 19.0. The lowest BCUT2D eigenvalue weighted by atomic mass is 10.0. The van der Waals surface area contributed by atoms with E-state index in [4.69, 9.17) is 9.47 Å². The van der Waals surface area contributed by atoms with Crippen molar-refractivity contribution in [3.8, 4) is 5.75 Å². The summed E-state index contributed by atoms with van der Waals surface area (Å²) in [6, 6.07) is 4.53. The van der Waals surface area contributed by atoms with Crippen LogP contribution in [0.3, 0.4) is 0 Å². The van der Waals surface area contributed by atoms with E-state index in [0.717, 1.165) is 26.6 Å². The van der Waals surface area contributed by atoms with Crippen LogP contribution >= 0.6 is 11.3 Å². The van der Waals surface area contributed by atoms with Crippen LogP contribution in [0, 0.1) is 13.8 Å². The van der Waals surface area contributed by atoms with Crippen molar-refractivity contribution in [1.82, 2.24) is 30.1 Å². The van der Waals surface area contributed by atoms with Gasteiger partial charge in [0, 0.05) is 35.7 Å². The smallest absolute Gasteiger partial charge is 0.311 e. The van der Waals surface area contributed by atoms with Gasteiger partial charge in [-0.05, 0) is 70.6 Å². The average Bonchev–Trinajstić information content (AvgIpc) is 3.76. The molecule has 2 aromatic heterocycles. The van der Waals surface area contributed by atoms with E-state index in [1.54, 1.807) is 30.7 Å². The van der Waals surface area contributed by atoms with Crippen LogP contribution in [-0.2, 0) is 45.2 Å². The number of esters is 2. The Morgan fingerprint density at radius 1 is 1.06 bits per heavy atom. The number of likely N-dealkylation sites (N-methyl/N-ethyl adjacent to an activating group) is 1. The molecule has 19 heteroatoms. The molecule has 1 unspecified atom stereocenters. The van der Waals surface area contributed by atoms with Gasteiger partial charge in [-0.15, -0.1) is 10.2 Å². The molecule has 4 N–H and O–H groups in total. The van der Waals surface area contributed by atoms with Crippen molar-refractivity contribution >= 4 is 74.1 Å². The predicted molar refractivity (Wildman–Crippen MR) is 193 cm³/mol. The molecule has 0 radical (unpaired) electrons. The molecule has 3 amide bonds. The van der Waals surface area contributed by atoms with Crippen LogP contribution < -0.4 is 20.1 Å². The summed E-state index contributed by atoms with van der Waals surface area (Å²) in [5.74, 6) is -3.71. The molecule has 17 nitrogen and oxygen atoms in total. The van der Waals surface area contributed by atoms with Crippen molar-refractivity contribution < 1.29 is 46.7 Å². The number of aromatic nitrogens is 3. The molecule has 1 atom stereocenters. The highest BCUT2D eigenvalue weighted by Crippen LogP contribution is 2.36. The second-order valence-electron chi connectivity index (χ2n) is 12.1. The van der Waals surface area contributed by atoms with Crippen LogP contribution in [0.1, 0.15) is 78.4 Å². The first kappa shape index (κ1) is 40.5. The summed E-state index contributed by atoms with van der Waals surface area (Å²) in [5.41, 5.74) is 3.57. The Kier molecular flexibility index (Phi) is 13.4. The van der Waals surface area contributed by atoms with Crippen molar-refractivity contribution in [2.24, 2.45) is 0 Å². The number of carbonyl (C=O) groups is 6. The Labute approximate surface area is 310 Å². The van der Waals surface area contributed by atoms with E-state index < -0.39 is 57.1 Å². The third-order valence-corrected chi connectivity index (χ3v) is 10.8. The van der Waals surface area contributed by atoms with Gasteiger partial charge in [-0.1, -0.05) is 25.2 Å². The number of Topliss-reactive ketones (excluding diaryl/α,β-unsaturated/α-hetero) is 1. The monoisotopic (exact) mass is 771 g/mol. The maximum atomic E-state index is 13.0. The van der Waals surface area contributed by atoms with Gasteiger partial charge in [-0.3, -0.25) is 28.8 Å². The molecule has 0 fully saturated rings. The van der Waals surface area contributed by atoms with Gasteiger partial charge in [-0.25, -0.2) is 4.72 Å². The van der Waals surface area contributed by atoms with Crippen LogP contribution in [0.25, 0.3) is 11.6 Å². The average molecular weight is 772 g/mol. The van der Waals surface area contributed by atoms with E-state index in [1.807, 2.05) is 0 Å². The zero-order chi connectivity index (χ0) is 39.0. The minimum absolute atomic E-state index is 0.0956. The fraction of sp³-hybridized carbons (Fsp3) is 0.412. The number of H-pyrrole nitrogens is 1. The van der Waals surface area contributed by atoms with Crippen molar-refractivity contribution in [2.45, 2.75) is 71.2 Å². The maximum Gasteiger partial charge on any atom is 0.311 e. The normalized spacial score (nSPS) is 13.7. The molecule has 0 aliphatic carbocycles. The van der Waals surface area contributed by atoms with Crippen LogP contribution in [0.2, 0.25) is 0 Å². The Balaban J connectivity index is 1.33. The lowest BCUT2D eigenvalue weighted by Crippen LogP contribution is -2.39. The second-order valence-corrected chi connectivity index (χ2v) is 15.0. The highest BCUT2D eigenvalue weighted by Gasteiger charge is 2.29. The number of benzene rings is 1. The minimum Gasteiger partial charge on any atom is -0.452 e. The lowest BCUT2D eigenvalue weighted by molar-refractivity contribution is -0.155. The number of nitrogens with zero attached hydrogens (tertiary/aromatic N) is 3. The van der Waals surface area contributed by atoms with Crippen molar-refractivity contribution in [3.63, 3.8) is 0 Å². The molecule has 3 aromatic rings. The number of aryl methyl sites for hydroxylation is 1. The fourth-order valence-corrected chi connectivity index (χ4v) is 7.48. The third kappa shape index (κ3) is 10.4. The summed E-state index contributed by atoms with van der Waals surface area (Å²) in [6.07, 6.45) is -0.957. The van der Waals surface area contributed by atoms with Crippen LogP contribution in [-0.4, -0.2) is 96.2 Å². The van der Waals surface area contributed by atoms with Gasteiger partial charge in [0.15, 0.2) is 6.10 Å². The number of aromatic amines is 1. The summed E-state index contributed by atoms with van der Waals surface area (Å²) in [6.45, 7) is 13.1. The van der Waals surface area contributed by atoms with E-state index in [2.05, 4.69) is 44.6 Å². The van der Waals surface area contributed by atoms with E-state index in [0.29, 0.717) is 51.6 Å². The lowest BCUT2D eigenvalue weighted by Gasteiger charge is -2.18. The number of nitrogens with one attached hydrogen (secondary N) is 4. The molecule has 0 saturated carbocycles. The number of rotatable bonds is 17. The molecule has 0 bridgehead atoms. The number of carbonyl (C=O) groups excluding carboxylic acids is 6. The molecule has 53 heavy (non-hydrogen) atoms. The second kappa shape index (κ2) is 17.5. The van der Waals surface area contributed by atoms with Gasteiger partial charge < -0.3 is 30.0 Å². The number of anilines is 1. The molecule has 4 rings (SSSR count). The first-order valence-electron chi connectivity index (χ1n) is 16.7. The van der Waals surface area contributed by atoms with Crippen LogP contribution in [0.4, 0.5) is 5.69 Å². The number of hydrogen-bond acceptors (Lipinski definition) is 14. The Morgan fingerprint density at radius 3 is 2.43 bits per heavy atom.